The molecule has 1 aliphatic carbocycles. The summed E-state index contributed by atoms with van der Waals surface area (Å²) in [4.78, 5) is 42.3. The number of rotatable bonds is 6. The van der Waals surface area contributed by atoms with E-state index in [0.717, 1.165) is 12.6 Å². The van der Waals surface area contributed by atoms with Crippen molar-refractivity contribution in [2.45, 2.75) is 57.0 Å². The average molecular weight is 499 g/mol. The number of anilines is 1. The number of halogens is 4. The lowest BCUT2D eigenvalue weighted by molar-refractivity contribution is -0.154. The van der Waals surface area contributed by atoms with Crippen LogP contribution >= 0.6 is 11.6 Å². The maximum absolute atomic E-state index is 13.5. The fraction of sp³-hybridized carbons (Fsp3) is 0.455. The molecule has 8 nitrogen and oxygen atoms in total. The van der Waals surface area contributed by atoms with Crippen LogP contribution in [0.1, 0.15) is 57.8 Å². The molecule has 0 radical (unpaired) electrons. The van der Waals surface area contributed by atoms with Crippen LogP contribution in [-0.2, 0) is 17.8 Å². The molecule has 0 spiro atoms. The molecule has 4 rings (SSSR count). The summed E-state index contributed by atoms with van der Waals surface area (Å²) in [5.41, 5.74) is -0.901. The van der Waals surface area contributed by atoms with E-state index in [9.17, 15) is 32.7 Å². The number of fused-ring (bicyclic) bond motifs is 1. The van der Waals surface area contributed by atoms with Gasteiger partial charge in [-0.2, -0.15) is 4.39 Å². The van der Waals surface area contributed by atoms with Crippen molar-refractivity contribution in [3.05, 3.63) is 45.7 Å². The molecule has 1 fully saturated rings. The van der Waals surface area contributed by atoms with Gasteiger partial charge in [0.15, 0.2) is 0 Å². The number of alkyl halides is 2. The maximum Gasteiger partial charge on any atom is 0.294 e. The summed E-state index contributed by atoms with van der Waals surface area (Å²) in [6.45, 7) is 1.06. The number of nitrogens with zero attached hydrogens (tertiary/aromatic N) is 2. The number of ketones is 1. The molecular weight excluding hydrogens is 477 g/mol. The van der Waals surface area contributed by atoms with Crippen molar-refractivity contribution in [1.82, 2.24) is 14.9 Å². The number of carbonyl (C=O) groups is 3. The highest BCUT2D eigenvalue weighted by Gasteiger charge is 2.57. The number of aliphatic hydroxyl groups excluding tert-OH is 1. The third-order valence-electron chi connectivity index (χ3n) is 6.15. The lowest BCUT2D eigenvalue weighted by atomic mass is 9.74. The first-order chi connectivity index (χ1) is 16.0. The lowest BCUT2D eigenvalue weighted by Gasteiger charge is -2.46. The molecule has 0 atom stereocenters. The van der Waals surface area contributed by atoms with E-state index in [1.54, 1.807) is 0 Å². The van der Waals surface area contributed by atoms with E-state index in [1.165, 1.54) is 17.6 Å². The van der Waals surface area contributed by atoms with Crippen molar-refractivity contribution >= 4 is 34.9 Å². The van der Waals surface area contributed by atoms with E-state index in [1.807, 2.05) is 0 Å². The van der Waals surface area contributed by atoms with E-state index in [4.69, 9.17) is 11.6 Å². The van der Waals surface area contributed by atoms with Gasteiger partial charge in [0.1, 0.15) is 5.69 Å². The summed E-state index contributed by atoms with van der Waals surface area (Å²) in [5, 5.41) is 14.1. The molecule has 0 aromatic carbocycles. The average Bonchev–Trinajstić information content (AvgIpc) is 3.05. The fourth-order valence-corrected chi connectivity index (χ4v) is 4.94. The van der Waals surface area contributed by atoms with Crippen LogP contribution in [0.15, 0.2) is 12.3 Å². The highest BCUT2D eigenvalue weighted by Crippen LogP contribution is 2.45. The van der Waals surface area contributed by atoms with Gasteiger partial charge in [-0.3, -0.25) is 14.4 Å². The first-order valence-electron chi connectivity index (χ1n) is 10.7. The Morgan fingerprint density at radius 3 is 2.59 bits per heavy atom. The minimum Gasteiger partial charge on any atom is -0.394 e. The molecule has 2 aliphatic rings. The van der Waals surface area contributed by atoms with E-state index in [0.29, 0.717) is 25.1 Å². The van der Waals surface area contributed by atoms with Crippen LogP contribution in [-0.4, -0.2) is 50.3 Å². The van der Waals surface area contributed by atoms with Gasteiger partial charge in [-0.05, 0) is 32.3 Å². The first-order valence-corrected chi connectivity index (χ1v) is 11.0. The van der Waals surface area contributed by atoms with Gasteiger partial charge < -0.3 is 20.3 Å². The number of aliphatic hydroxyl groups is 1. The molecule has 12 heteroatoms. The molecule has 0 saturated heterocycles. The van der Waals surface area contributed by atoms with E-state index in [2.05, 4.69) is 15.6 Å². The van der Waals surface area contributed by atoms with Gasteiger partial charge >= 0.3 is 0 Å². The Kier molecular flexibility index (Phi) is 6.19. The summed E-state index contributed by atoms with van der Waals surface area (Å²) in [5.74, 6) is -6.66. The minimum atomic E-state index is -3.04. The van der Waals surface area contributed by atoms with Gasteiger partial charge in [0.05, 0.1) is 34.6 Å². The van der Waals surface area contributed by atoms with E-state index in [-0.39, 0.29) is 27.5 Å². The van der Waals surface area contributed by atoms with Crippen molar-refractivity contribution in [1.29, 1.82) is 0 Å². The number of hydrogen-bond donors (Lipinski definition) is 3. The quantitative estimate of drug-likeness (QED) is 0.322. The zero-order chi connectivity index (χ0) is 24.8. The van der Waals surface area contributed by atoms with Crippen LogP contribution in [0.4, 0.5) is 18.9 Å². The zero-order valence-electron chi connectivity index (χ0n) is 18.2. The van der Waals surface area contributed by atoms with Crippen molar-refractivity contribution < 1.29 is 32.7 Å². The van der Waals surface area contributed by atoms with Crippen LogP contribution in [0.5, 0.6) is 0 Å². The molecule has 2 amide bonds. The third-order valence-corrected chi connectivity index (χ3v) is 6.52. The lowest BCUT2D eigenvalue weighted by Crippen LogP contribution is -2.65. The number of pyridine rings is 1. The molecule has 1 saturated carbocycles. The standard InChI is InChI=1S/C22H22ClF3N4O4/c1-11-6-12(7-27-18(11)24)28-19(33)14-13-4-2-3-5-30(13)16(15(14)23)17(32)20(34)29-21(10-31)8-22(25,26)9-21/h6-7,31H,2-5,8-10H2,1H3,(H,28,33)(H,29,34). The predicted octanol–water partition coefficient (Wildman–Crippen LogP) is 3.03. The summed E-state index contributed by atoms with van der Waals surface area (Å²) >= 11 is 6.45. The number of nitrogens with one attached hydrogen (secondary N) is 2. The molecule has 182 valence electrons. The monoisotopic (exact) mass is 498 g/mol. The van der Waals surface area contributed by atoms with Gasteiger partial charge in [0.2, 0.25) is 5.95 Å². The molecule has 34 heavy (non-hydrogen) atoms. The predicted molar refractivity (Wildman–Crippen MR) is 116 cm³/mol. The summed E-state index contributed by atoms with van der Waals surface area (Å²) in [6, 6.07) is 1.39. The zero-order valence-corrected chi connectivity index (χ0v) is 18.9. The molecule has 3 heterocycles. The van der Waals surface area contributed by atoms with Crippen molar-refractivity contribution in [3.63, 3.8) is 0 Å². The molecule has 2 aromatic rings. The fourth-order valence-electron chi connectivity index (χ4n) is 4.56. The third kappa shape index (κ3) is 4.29. The minimum absolute atomic E-state index is 0.00606. The van der Waals surface area contributed by atoms with Gasteiger partial charge in [0, 0.05) is 30.6 Å². The number of hydrogen-bond acceptors (Lipinski definition) is 5. The van der Waals surface area contributed by atoms with Crippen LogP contribution in [0.3, 0.4) is 0 Å². The molecule has 1 aliphatic heterocycles. The second-order valence-electron chi connectivity index (χ2n) is 8.81. The van der Waals surface area contributed by atoms with Crippen LogP contribution < -0.4 is 10.6 Å². The number of aryl methyl sites for hydroxylation is 1. The highest BCUT2D eigenvalue weighted by molar-refractivity contribution is 6.48. The van der Waals surface area contributed by atoms with Gasteiger partial charge in [-0.25, -0.2) is 13.8 Å². The van der Waals surface area contributed by atoms with Crippen LogP contribution in [0, 0.1) is 12.9 Å². The normalized spacial score (nSPS) is 17.9. The SMILES string of the molecule is Cc1cc(NC(=O)c2c(Cl)c(C(=O)C(=O)NC3(CO)CC(F)(F)C3)n3c2CCCC3)cnc1F. The molecule has 3 N–H and O–H groups in total. The Balaban J connectivity index is 1.63. The second kappa shape index (κ2) is 8.70. The smallest absolute Gasteiger partial charge is 0.294 e. The van der Waals surface area contributed by atoms with Crippen molar-refractivity contribution in [2.24, 2.45) is 0 Å². The number of aromatic nitrogens is 2. The Morgan fingerprint density at radius 2 is 1.97 bits per heavy atom. The number of carbonyl (C=O) groups excluding carboxylic acids is 3. The van der Waals surface area contributed by atoms with Gasteiger partial charge in [-0.15, -0.1) is 0 Å². The Bertz CT molecular complexity index is 1190. The summed E-state index contributed by atoms with van der Waals surface area (Å²) in [7, 11) is 0. The number of Topliss-reactive ketones (excluding diaryl/α,β-unsaturated/α-hetero) is 1. The molecule has 0 unspecified atom stereocenters. The second-order valence-corrected chi connectivity index (χ2v) is 9.19. The van der Waals surface area contributed by atoms with E-state index < -0.39 is 54.5 Å². The topological polar surface area (TPSA) is 113 Å². The molecule has 2 aromatic heterocycles. The summed E-state index contributed by atoms with van der Waals surface area (Å²) < 4.78 is 41.7. The first kappa shape index (κ1) is 24.2. The van der Waals surface area contributed by atoms with Gasteiger partial charge in [-0.1, -0.05) is 11.6 Å². The Morgan fingerprint density at radius 1 is 1.26 bits per heavy atom. The van der Waals surface area contributed by atoms with Gasteiger partial charge in [0.25, 0.3) is 23.5 Å². The summed E-state index contributed by atoms with van der Waals surface area (Å²) in [6.07, 6.45) is 1.39. The van der Waals surface area contributed by atoms with Crippen LogP contribution in [0.25, 0.3) is 0 Å². The highest BCUT2D eigenvalue weighted by atomic mass is 35.5. The molecule has 0 bridgehead atoms. The Hall–Kier alpha value is -2.92. The largest absolute Gasteiger partial charge is 0.394 e. The number of amides is 2. The van der Waals surface area contributed by atoms with Crippen molar-refractivity contribution in [3.8, 4) is 0 Å². The maximum atomic E-state index is 13.5. The molecular formula is C22H22ClF3N4O4. The van der Waals surface area contributed by atoms with E-state index >= 15 is 0 Å². The van der Waals surface area contributed by atoms with Crippen molar-refractivity contribution in [2.75, 3.05) is 11.9 Å². The van der Waals surface area contributed by atoms with Crippen LogP contribution in [0.2, 0.25) is 5.02 Å². The Labute approximate surface area is 197 Å².